The molecule has 2 rings (SSSR count). The van der Waals surface area contributed by atoms with Gasteiger partial charge in [-0.2, -0.15) is 5.10 Å². The van der Waals surface area contributed by atoms with Crippen LogP contribution in [0.2, 0.25) is 0 Å². The van der Waals surface area contributed by atoms with Gasteiger partial charge in [0.2, 0.25) is 0 Å². The van der Waals surface area contributed by atoms with Gasteiger partial charge in [0, 0.05) is 10.9 Å². The Kier molecular flexibility index (Phi) is 1.22. The van der Waals surface area contributed by atoms with Crippen molar-refractivity contribution in [3.05, 3.63) is 30.0 Å². The van der Waals surface area contributed by atoms with E-state index >= 15 is 0 Å². The van der Waals surface area contributed by atoms with Crippen LogP contribution in [0.5, 0.6) is 0 Å². The molecule has 0 amide bonds. The second-order valence-corrected chi connectivity index (χ2v) is 2.30. The van der Waals surface area contributed by atoms with Crippen LogP contribution in [0.3, 0.4) is 0 Å². The molecule has 1 heterocycles. The fourth-order valence-electron chi connectivity index (χ4n) is 1.09. The van der Waals surface area contributed by atoms with Crippen LogP contribution < -0.4 is 0 Å². The van der Waals surface area contributed by atoms with Crippen molar-refractivity contribution in [2.45, 2.75) is 0 Å². The number of hydrogen-bond donors (Lipinski definition) is 1. The Bertz CT molecular complexity index is 392. The first-order valence-electron chi connectivity index (χ1n) is 3.29. The normalized spacial score (nSPS) is 10.2. The zero-order chi connectivity index (χ0) is 7.68. The lowest BCUT2D eigenvalue weighted by Gasteiger charge is -1.89. The molecule has 0 atom stereocenters. The van der Waals surface area contributed by atoms with Crippen molar-refractivity contribution in [1.82, 2.24) is 10.2 Å². The number of H-pyrrole nitrogens is 1. The van der Waals surface area contributed by atoms with Gasteiger partial charge in [-0.1, -0.05) is 12.1 Å². The maximum atomic E-state index is 10.5. The zero-order valence-corrected chi connectivity index (χ0v) is 5.74. The maximum Gasteiger partial charge on any atom is 0.150 e. The summed E-state index contributed by atoms with van der Waals surface area (Å²) in [5.41, 5.74) is 1.57. The van der Waals surface area contributed by atoms with E-state index in [2.05, 4.69) is 10.2 Å². The van der Waals surface area contributed by atoms with Crippen LogP contribution in [0.1, 0.15) is 10.4 Å². The Morgan fingerprint density at radius 1 is 1.45 bits per heavy atom. The summed E-state index contributed by atoms with van der Waals surface area (Å²) in [6.07, 6.45) is 2.48. The SMILES string of the molecule is O=Cc1cccc2[nH]ncc12. The number of aromatic nitrogens is 2. The molecule has 1 aromatic carbocycles. The number of carbonyl (C=O) groups excluding carboxylic acids is 1. The molecule has 3 nitrogen and oxygen atoms in total. The van der Waals surface area contributed by atoms with E-state index in [1.807, 2.05) is 12.1 Å². The number of aromatic amines is 1. The third kappa shape index (κ3) is 0.816. The quantitative estimate of drug-likeness (QED) is 0.617. The highest BCUT2D eigenvalue weighted by Gasteiger charge is 1.98. The van der Waals surface area contributed by atoms with Crippen molar-refractivity contribution >= 4 is 17.2 Å². The van der Waals surface area contributed by atoms with E-state index < -0.39 is 0 Å². The molecule has 54 valence electrons. The molecule has 1 aromatic heterocycles. The van der Waals surface area contributed by atoms with Crippen LogP contribution >= 0.6 is 0 Å². The standard InChI is InChI=1S/C8H6N2O/c11-5-6-2-1-3-8-7(6)4-9-10-8/h1-5H,(H,9,10). The largest absolute Gasteiger partial charge is 0.298 e. The fourth-order valence-corrected chi connectivity index (χ4v) is 1.09. The lowest BCUT2D eigenvalue weighted by atomic mass is 10.1. The minimum absolute atomic E-state index is 0.677. The average molecular weight is 146 g/mol. The Morgan fingerprint density at radius 2 is 2.36 bits per heavy atom. The molecule has 0 aliphatic carbocycles. The smallest absolute Gasteiger partial charge is 0.150 e. The number of rotatable bonds is 1. The Balaban J connectivity index is 2.88. The van der Waals surface area contributed by atoms with E-state index in [-0.39, 0.29) is 0 Å². The van der Waals surface area contributed by atoms with E-state index in [4.69, 9.17) is 0 Å². The number of nitrogens with one attached hydrogen (secondary N) is 1. The molecular weight excluding hydrogens is 140 g/mol. The van der Waals surface area contributed by atoms with Gasteiger partial charge in [0.1, 0.15) is 0 Å². The Morgan fingerprint density at radius 3 is 3.18 bits per heavy atom. The maximum absolute atomic E-state index is 10.5. The summed E-state index contributed by atoms with van der Waals surface area (Å²) in [5.74, 6) is 0. The predicted molar refractivity (Wildman–Crippen MR) is 41.5 cm³/mol. The van der Waals surface area contributed by atoms with E-state index in [1.165, 1.54) is 0 Å². The highest BCUT2D eigenvalue weighted by molar-refractivity contribution is 5.95. The summed E-state index contributed by atoms with van der Waals surface area (Å²) in [7, 11) is 0. The van der Waals surface area contributed by atoms with E-state index in [1.54, 1.807) is 12.3 Å². The van der Waals surface area contributed by atoms with Gasteiger partial charge in [-0.05, 0) is 6.07 Å². The van der Waals surface area contributed by atoms with Crippen LogP contribution in [0.25, 0.3) is 10.9 Å². The Labute approximate surface area is 63.0 Å². The summed E-state index contributed by atoms with van der Waals surface area (Å²) in [6.45, 7) is 0. The van der Waals surface area contributed by atoms with Crippen LogP contribution in [-0.2, 0) is 0 Å². The molecule has 2 aromatic rings. The van der Waals surface area contributed by atoms with Crippen molar-refractivity contribution in [2.24, 2.45) is 0 Å². The van der Waals surface area contributed by atoms with Gasteiger partial charge in [0.05, 0.1) is 11.7 Å². The summed E-state index contributed by atoms with van der Waals surface area (Å²) in [4.78, 5) is 10.5. The molecule has 0 fully saturated rings. The summed E-state index contributed by atoms with van der Waals surface area (Å²) in [5, 5.41) is 7.49. The van der Waals surface area contributed by atoms with E-state index in [9.17, 15) is 4.79 Å². The molecule has 0 radical (unpaired) electrons. The van der Waals surface area contributed by atoms with Crippen molar-refractivity contribution in [1.29, 1.82) is 0 Å². The molecule has 0 aliphatic heterocycles. The Hall–Kier alpha value is -1.64. The fraction of sp³-hybridized carbons (Fsp3) is 0. The van der Waals surface area contributed by atoms with Crippen molar-refractivity contribution in [3.8, 4) is 0 Å². The van der Waals surface area contributed by atoms with Gasteiger partial charge < -0.3 is 0 Å². The van der Waals surface area contributed by atoms with Crippen LogP contribution in [0.4, 0.5) is 0 Å². The number of benzene rings is 1. The first kappa shape index (κ1) is 6.09. The van der Waals surface area contributed by atoms with Gasteiger partial charge in [-0.3, -0.25) is 9.89 Å². The van der Waals surface area contributed by atoms with Gasteiger partial charge in [0.25, 0.3) is 0 Å². The molecule has 3 heteroatoms. The predicted octanol–water partition coefficient (Wildman–Crippen LogP) is 1.38. The summed E-state index contributed by atoms with van der Waals surface area (Å²) < 4.78 is 0. The zero-order valence-electron chi connectivity index (χ0n) is 5.74. The van der Waals surface area contributed by atoms with Gasteiger partial charge in [0.15, 0.2) is 6.29 Å². The third-order valence-electron chi connectivity index (χ3n) is 1.65. The average Bonchev–Trinajstić information content (AvgIpc) is 2.50. The molecule has 0 aliphatic rings. The molecule has 1 N–H and O–H groups in total. The van der Waals surface area contributed by atoms with Crippen molar-refractivity contribution in [3.63, 3.8) is 0 Å². The first-order chi connectivity index (χ1) is 5.42. The molecular formula is C8H6N2O. The lowest BCUT2D eigenvalue weighted by Crippen LogP contribution is -1.78. The van der Waals surface area contributed by atoms with Crippen LogP contribution in [0.15, 0.2) is 24.4 Å². The van der Waals surface area contributed by atoms with E-state index in [0.29, 0.717) is 5.56 Å². The van der Waals surface area contributed by atoms with Crippen molar-refractivity contribution < 1.29 is 4.79 Å². The highest BCUT2D eigenvalue weighted by Crippen LogP contribution is 2.13. The van der Waals surface area contributed by atoms with Gasteiger partial charge in [-0.15, -0.1) is 0 Å². The van der Waals surface area contributed by atoms with Gasteiger partial charge >= 0.3 is 0 Å². The summed E-state index contributed by atoms with van der Waals surface area (Å²) in [6, 6.07) is 5.48. The highest BCUT2D eigenvalue weighted by atomic mass is 16.1. The number of aldehydes is 1. The number of fused-ring (bicyclic) bond motifs is 1. The number of nitrogens with zero attached hydrogens (tertiary/aromatic N) is 1. The van der Waals surface area contributed by atoms with E-state index in [0.717, 1.165) is 17.2 Å². The van der Waals surface area contributed by atoms with Crippen LogP contribution in [-0.4, -0.2) is 16.5 Å². The number of hydrogen-bond acceptors (Lipinski definition) is 2. The summed E-state index contributed by atoms with van der Waals surface area (Å²) >= 11 is 0. The minimum atomic E-state index is 0.677. The van der Waals surface area contributed by atoms with Crippen molar-refractivity contribution in [2.75, 3.05) is 0 Å². The molecule has 0 unspecified atom stereocenters. The first-order valence-corrected chi connectivity index (χ1v) is 3.29. The van der Waals surface area contributed by atoms with Crippen LogP contribution in [0, 0.1) is 0 Å². The minimum Gasteiger partial charge on any atom is -0.298 e. The topological polar surface area (TPSA) is 45.8 Å². The molecule has 0 saturated heterocycles. The molecule has 0 saturated carbocycles. The van der Waals surface area contributed by atoms with Gasteiger partial charge in [-0.25, -0.2) is 0 Å². The lowest BCUT2D eigenvalue weighted by molar-refractivity contribution is 0.112. The third-order valence-corrected chi connectivity index (χ3v) is 1.65. The molecule has 11 heavy (non-hydrogen) atoms. The number of carbonyl (C=O) groups is 1. The second-order valence-electron chi connectivity index (χ2n) is 2.30. The molecule has 0 spiro atoms. The second kappa shape index (κ2) is 2.20. The monoisotopic (exact) mass is 146 g/mol. The molecule has 0 bridgehead atoms.